The van der Waals surface area contributed by atoms with Gasteiger partial charge in [-0.3, -0.25) is 9.59 Å². The van der Waals surface area contributed by atoms with Crippen LogP contribution in [0.15, 0.2) is 54.6 Å². The Kier molecular flexibility index (Phi) is 5.02. The van der Waals surface area contributed by atoms with E-state index in [2.05, 4.69) is 10.3 Å². The Hall–Kier alpha value is -3.28. The summed E-state index contributed by atoms with van der Waals surface area (Å²) in [6.45, 7) is 1.09. The van der Waals surface area contributed by atoms with Gasteiger partial charge in [-0.2, -0.15) is 0 Å². The Morgan fingerprint density at radius 1 is 1.14 bits per heavy atom. The first-order valence-corrected chi connectivity index (χ1v) is 9.46. The van der Waals surface area contributed by atoms with Crippen LogP contribution in [0.1, 0.15) is 23.3 Å². The molecule has 2 amide bonds. The molecule has 0 radical (unpaired) electrons. The summed E-state index contributed by atoms with van der Waals surface area (Å²) in [4.78, 5) is 30.5. The largest absolute Gasteiger partial charge is 0.497 e. The number of fused-ring (bicyclic) bond motifs is 1. The van der Waals surface area contributed by atoms with E-state index < -0.39 is 0 Å². The number of hydrogen-bond donors (Lipinski definition) is 2. The van der Waals surface area contributed by atoms with Gasteiger partial charge in [0.1, 0.15) is 11.4 Å². The number of aromatic nitrogens is 1. The average molecular weight is 377 g/mol. The maximum absolute atomic E-state index is 12.9. The monoisotopic (exact) mass is 377 g/mol. The number of ether oxygens (including phenoxy) is 1. The van der Waals surface area contributed by atoms with Crippen LogP contribution in [0.4, 0.5) is 5.69 Å². The van der Waals surface area contributed by atoms with Gasteiger partial charge in [0, 0.05) is 29.7 Å². The van der Waals surface area contributed by atoms with Crippen LogP contribution in [0.3, 0.4) is 0 Å². The van der Waals surface area contributed by atoms with E-state index in [-0.39, 0.29) is 17.7 Å². The lowest BCUT2D eigenvalue weighted by Gasteiger charge is -2.31. The highest BCUT2D eigenvalue weighted by Gasteiger charge is 2.29. The molecule has 6 heteroatoms. The van der Waals surface area contributed by atoms with Gasteiger partial charge >= 0.3 is 0 Å². The maximum atomic E-state index is 12.9. The number of carbonyl (C=O) groups is 2. The molecule has 1 fully saturated rings. The molecule has 3 aromatic rings. The second kappa shape index (κ2) is 7.76. The van der Waals surface area contributed by atoms with E-state index in [4.69, 9.17) is 4.74 Å². The molecule has 1 aliphatic rings. The highest BCUT2D eigenvalue weighted by Crippen LogP contribution is 2.23. The standard InChI is InChI=1S/C22H23N3O3/c1-28-18-10-8-17(9-11-18)23-21(26)16-6-4-12-25(14-16)22(27)20-13-15-5-2-3-7-19(15)24-20/h2-3,5,7-11,13,16,24H,4,6,12,14H2,1H3,(H,23,26)/t16-/m1/s1. The van der Waals surface area contributed by atoms with E-state index in [0.29, 0.717) is 18.8 Å². The van der Waals surface area contributed by atoms with Crippen molar-refractivity contribution in [1.82, 2.24) is 9.88 Å². The van der Waals surface area contributed by atoms with E-state index in [9.17, 15) is 9.59 Å². The first-order chi connectivity index (χ1) is 13.6. The molecule has 4 rings (SSSR count). The molecule has 0 spiro atoms. The van der Waals surface area contributed by atoms with E-state index in [1.165, 1.54) is 0 Å². The number of amides is 2. The fourth-order valence-electron chi connectivity index (χ4n) is 3.65. The summed E-state index contributed by atoms with van der Waals surface area (Å²) in [6, 6.07) is 16.9. The molecular weight excluding hydrogens is 354 g/mol. The lowest BCUT2D eigenvalue weighted by Crippen LogP contribution is -2.43. The van der Waals surface area contributed by atoms with Crippen LogP contribution >= 0.6 is 0 Å². The molecule has 2 heterocycles. The molecular formula is C22H23N3O3. The topological polar surface area (TPSA) is 74.4 Å². The number of benzene rings is 2. The highest BCUT2D eigenvalue weighted by molar-refractivity contribution is 5.99. The van der Waals surface area contributed by atoms with Gasteiger partial charge in [0.15, 0.2) is 0 Å². The van der Waals surface area contributed by atoms with E-state index >= 15 is 0 Å². The molecule has 2 N–H and O–H groups in total. The van der Waals surface area contributed by atoms with Gasteiger partial charge in [0.2, 0.25) is 5.91 Å². The Morgan fingerprint density at radius 2 is 1.93 bits per heavy atom. The maximum Gasteiger partial charge on any atom is 0.270 e. The minimum Gasteiger partial charge on any atom is -0.497 e. The van der Waals surface area contributed by atoms with Crippen molar-refractivity contribution in [3.8, 4) is 5.75 Å². The molecule has 6 nitrogen and oxygen atoms in total. The van der Waals surface area contributed by atoms with Crippen LogP contribution < -0.4 is 10.1 Å². The summed E-state index contributed by atoms with van der Waals surface area (Å²) >= 11 is 0. The molecule has 0 bridgehead atoms. The SMILES string of the molecule is COc1ccc(NC(=O)[C@@H]2CCCN(C(=O)c3cc4ccccc4[nH]3)C2)cc1. The quantitative estimate of drug-likeness (QED) is 0.729. The molecule has 0 unspecified atom stereocenters. The molecule has 28 heavy (non-hydrogen) atoms. The normalized spacial score (nSPS) is 16.8. The first-order valence-electron chi connectivity index (χ1n) is 9.46. The van der Waals surface area contributed by atoms with Gasteiger partial charge in [-0.25, -0.2) is 0 Å². The number of rotatable bonds is 4. The zero-order chi connectivity index (χ0) is 19.5. The zero-order valence-electron chi connectivity index (χ0n) is 15.8. The second-order valence-corrected chi connectivity index (χ2v) is 7.08. The summed E-state index contributed by atoms with van der Waals surface area (Å²) in [5, 5.41) is 3.95. The third-order valence-corrected chi connectivity index (χ3v) is 5.20. The highest BCUT2D eigenvalue weighted by atomic mass is 16.5. The average Bonchev–Trinajstić information content (AvgIpc) is 3.18. The molecule has 2 aromatic carbocycles. The fraction of sp³-hybridized carbons (Fsp3) is 0.273. The molecule has 0 saturated carbocycles. The van der Waals surface area contributed by atoms with Crippen molar-refractivity contribution in [2.75, 3.05) is 25.5 Å². The van der Waals surface area contributed by atoms with Gasteiger partial charge in [-0.05, 0) is 49.2 Å². The third kappa shape index (κ3) is 3.71. The Labute approximate surface area is 163 Å². The molecule has 1 saturated heterocycles. The van der Waals surface area contributed by atoms with Crippen molar-refractivity contribution in [2.24, 2.45) is 5.92 Å². The molecule has 1 aromatic heterocycles. The predicted octanol–water partition coefficient (Wildman–Crippen LogP) is 3.67. The van der Waals surface area contributed by atoms with Crippen LogP contribution in [0, 0.1) is 5.92 Å². The van der Waals surface area contributed by atoms with Gasteiger partial charge in [0.25, 0.3) is 5.91 Å². The van der Waals surface area contributed by atoms with E-state index in [1.54, 1.807) is 12.0 Å². The van der Waals surface area contributed by atoms with Crippen molar-refractivity contribution >= 4 is 28.4 Å². The van der Waals surface area contributed by atoms with Crippen molar-refractivity contribution in [3.05, 3.63) is 60.3 Å². The van der Waals surface area contributed by atoms with Crippen molar-refractivity contribution < 1.29 is 14.3 Å². The molecule has 1 atom stereocenters. The van der Waals surface area contributed by atoms with Crippen LogP contribution in [0.5, 0.6) is 5.75 Å². The minimum absolute atomic E-state index is 0.0562. The lowest BCUT2D eigenvalue weighted by atomic mass is 9.96. The van der Waals surface area contributed by atoms with Crippen LogP contribution in [0.2, 0.25) is 0 Å². The Bertz CT molecular complexity index is 961. The van der Waals surface area contributed by atoms with E-state index in [1.807, 2.05) is 54.6 Å². The lowest BCUT2D eigenvalue weighted by molar-refractivity contribution is -0.121. The van der Waals surface area contributed by atoms with Crippen LogP contribution in [-0.4, -0.2) is 41.9 Å². The van der Waals surface area contributed by atoms with Gasteiger partial charge in [-0.1, -0.05) is 18.2 Å². The van der Waals surface area contributed by atoms with Gasteiger partial charge < -0.3 is 19.9 Å². The van der Waals surface area contributed by atoms with Crippen molar-refractivity contribution in [3.63, 3.8) is 0 Å². The summed E-state index contributed by atoms with van der Waals surface area (Å²) in [6.07, 6.45) is 1.59. The molecule has 0 aliphatic carbocycles. The van der Waals surface area contributed by atoms with Gasteiger partial charge in [0.05, 0.1) is 13.0 Å². The number of likely N-dealkylation sites (tertiary alicyclic amines) is 1. The van der Waals surface area contributed by atoms with Gasteiger partial charge in [-0.15, -0.1) is 0 Å². The number of nitrogens with zero attached hydrogens (tertiary/aromatic N) is 1. The number of aromatic amines is 1. The summed E-state index contributed by atoms with van der Waals surface area (Å²) in [5.41, 5.74) is 2.24. The molecule has 144 valence electrons. The Morgan fingerprint density at radius 3 is 2.68 bits per heavy atom. The number of hydrogen-bond acceptors (Lipinski definition) is 3. The smallest absolute Gasteiger partial charge is 0.270 e. The first kappa shape index (κ1) is 18.1. The third-order valence-electron chi connectivity index (χ3n) is 5.20. The predicted molar refractivity (Wildman–Crippen MR) is 109 cm³/mol. The number of para-hydroxylation sites is 1. The number of anilines is 1. The van der Waals surface area contributed by atoms with Crippen molar-refractivity contribution in [1.29, 1.82) is 0 Å². The van der Waals surface area contributed by atoms with Crippen LogP contribution in [0.25, 0.3) is 10.9 Å². The van der Waals surface area contributed by atoms with Crippen molar-refractivity contribution in [2.45, 2.75) is 12.8 Å². The Balaban J connectivity index is 1.42. The molecule has 1 aliphatic heterocycles. The minimum atomic E-state index is -0.218. The summed E-state index contributed by atoms with van der Waals surface area (Å²) < 4.78 is 5.13. The summed E-state index contributed by atoms with van der Waals surface area (Å²) in [7, 11) is 1.61. The summed E-state index contributed by atoms with van der Waals surface area (Å²) in [5.74, 6) is 0.410. The number of carbonyl (C=O) groups excluding carboxylic acids is 2. The second-order valence-electron chi connectivity index (χ2n) is 7.08. The zero-order valence-corrected chi connectivity index (χ0v) is 15.8. The number of methoxy groups -OCH3 is 1. The number of nitrogens with one attached hydrogen (secondary N) is 2. The number of piperidine rings is 1. The van der Waals surface area contributed by atoms with Crippen LogP contribution in [-0.2, 0) is 4.79 Å². The fourth-order valence-corrected chi connectivity index (χ4v) is 3.65. The van der Waals surface area contributed by atoms with E-state index in [0.717, 1.165) is 35.2 Å². The number of H-pyrrole nitrogens is 1.